The summed E-state index contributed by atoms with van der Waals surface area (Å²) < 4.78 is 5.65. The van der Waals surface area contributed by atoms with Crippen LogP contribution >= 0.6 is 11.6 Å². The molecule has 0 spiro atoms. The Morgan fingerprint density at radius 3 is 3.12 bits per heavy atom. The van der Waals surface area contributed by atoms with Gasteiger partial charge in [-0.15, -0.1) is 0 Å². The molecule has 0 saturated carbocycles. The minimum absolute atomic E-state index is 0.0352. The van der Waals surface area contributed by atoms with E-state index in [0.717, 1.165) is 11.4 Å². The summed E-state index contributed by atoms with van der Waals surface area (Å²) in [5.74, 6) is 0.379. The molecule has 1 aliphatic heterocycles. The molecule has 1 aromatic carbocycles. The van der Waals surface area contributed by atoms with Gasteiger partial charge < -0.3 is 15.4 Å². The number of anilines is 1. The summed E-state index contributed by atoms with van der Waals surface area (Å²) in [4.78, 5) is 12.9. The molecule has 1 unspecified atom stereocenters. The van der Waals surface area contributed by atoms with Crippen LogP contribution < -0.4 is 15.4 Å². The number of ether oxygens (including phenoxy) is 1. The molecule has 86 valence electrons. The minimum Gasteiger partial charge on any atom is -0.487 e. The third kappa shape index (κ3) is 2.22. The van der Waals surface area contributed by atoms with Crippen molar-refractivity contribution in [2.75, 3.05) is 18.0 Å². The fourth-order valence-electron chi connectivity index (χ4n) is 1.84. The monoisotopic (exact) mass is 240 g/mol. The Morgan fingerprint density at radius 1 is 1.69 bits per heavy atom. The van der Waals surface area contributed by atoms with Crippen molar-refractivity contribution in [3.63, 3.8) is 0 Å². The van der Waals surface area contributed by atoms with E-state index in [-0.39, 0.29) is 18.6 Å². The van der Waals surface area contributed by atoms with Gasteiger partial charge in [0, 0.05) is 5.02 Å². The largest absolute Gasteiger partial charge is 0.487 e. The second kappa shape index (κ2) is 4.22. The van der Waals surface area contributed by atoms with Gasteiger partial charge in [0.05, 0.1) is 18.8 Å². The number of benzene rings is 1. The van der Waals surface area contributed by atoms with Gasteiger partial charge in [-0.1, -0.05) is 11.6 Å². The van der Waals surface area contributed by atoms with Crippen molar-refractivity contribution < 1.29 is 9.53 Å². The highest BCUT2D eigenvalue weighted by molar-refractivity contribution is 6.31. The second-order valence-corrected chi connectivity index (χ2v) is 4.32. The van der Waals surface area contributed by atoms with Gasteiger partial charge in [0.25, 0.3) is 0 Å². The molecule has 1 amide bonds. The van der Waals surface area contributed by atoms with Crippen LogP contribution in [-0.2, 0) is 4.79 Å². The first-order chi connectivity index (χ1) is 7.56. The van der Waals surface area contributed by atoms with Crippen LogP contribution in [0.4, 0.5) is 5.69 Å². The summed E-state index contributed by atoms with van der Waals surface area (Å²) in [6, 6.07) is 5.36. The van der Waals surface area contributed by atoms with E-state index in [0.29, 0.717) is 11.6 Å². The predicted molar refractivity (Wildman–Crippen MR) is 62.9 cm³/mol. The first-order valence-electron chi connectivity index (χ1n) is 5.05. The number of carbonyl (C=O) groups is 1. The summed E-state index contributed by atoms with van der Waals surface area (Å²) in [6.07, 6.45) is 0.0352. The van der Waals surface area contributed by atoms with Crippen LogP contribution in [0.2, 0.25) is 5.02 Å². The Morgan fingerprint density at radius 2 is 2.44 bits per heavy atom. The third-order valence-electron chi connectivity index (χ3n) is 2.41. The maximum Gasteiger partial charge on any atom is 0.236 e. The van der Waals surface area contributed by atoms with E-state index in [4.69, 9.17) is 22.1 Å². The van der Waals surface area contributed by atoms with Crippen LogP contribution in [0.1, 0.15) is 6.92 Å². The van der Waals surface area contributed by atoms with E-state index >= 15 is 0 Å². The highest BCUT2D eigenvalue weighted by Gasteiger charge is 2.23. The van der Waals surface area contributed by atoms with Gasteiger partial charge >= 0.3 is 0 Å². The fraction of sp³-hybridized carbons (Fsp3) is 0.364. The zero-order valence-electron chi connectivity index (χ0n) is 8.94. The zero-order valence-corrected chi connectivity index (χ0v) is 9.70. The van der Waals surface area contributed by atoms with Crippen LogP contribution in [0.25, 0.3) is 0 Å². The Kier molecular flexibility index (Phi) is 2.92. The van der Waals surface area contributed by atoms with Crippen molar-refractivity contribution >= 4 is 23.2 Å². The molecule has 0 saturated heterocycles. The maximum absolute atomic E-state index is 11.0. The topological polar surface area (TPSA) is 55.6 Å². The van der Waals surface area contributed by atoms with Gasteiger partial charge in [0.15, 0.2) is 0 Å². The molecule has 2 rings (SSSR count). The predicted octanol–water partition coefficient (Wildman–Crippen LogP) is 1.41. The number of hydrogen-bond donors (Lipinski definition) is 1. The first kappa shape index (κ1) is 11.1. The maximum atomic E-state index is 11.0. The van der Waals surface area contributed by atoms with E-state index < -0.39 is 0 Å². The summed E-state index contributed by atoms with van der Waals surface area (Å²) >= 11 is 5.92. The van der Waals surface area contributed by atoms with Gasteiger partial charge in [-0.2, -0.15) is 0 Å². The smallest absolute Gasteiger partial charge is 0.236 e. The zero-order chi connectivity index (χ0) is 11.7. The average Bonchev–Trinajstić information content (AvgIpc) is 2.18. The lowest BCUT2D eigenvalue weighted by Gasteiger charge is -2.34. The molecule has 0 radical (unpaired) electrons. The lowest BCUT2D eigenvalue weighted by atomic mass is 10.2. The number of amides is 1. The summed E-state index contributed by atoms with van der Waals surface area (Å²) in [5, 5.41) is 0.617. The molecule has 5 heteroatoms. The fourth-order valence-corrected chi connectivity index (χ4v) is 2.00. The average molecular weight is 241 g/mol. The molecule has 2 N–H and O–H groups in total. The van der Waals surface area contributed by atoms with Gasteiger partial charge in [-0.05, 0) is 25.1 Å². The van der Waals surface area contributed by atoms with Gasteiger partial charge in [-0.25, -0.2) is 0 Å². The minimum atomic E-state index is -0.361. The van der Waals surface area contributed by atoms with Gasteiger partial charge in [0.2, 0.25) is 5.91 Å². The summed E-state index contributed by atoms with van der Waals surface area (Å²) in [5.41, 5.74) is 6.03. The number of hydrogen-bond acceptors (Lipinski definition) is 3. The molecule has 1 aromatic rings. The standard InChI is InChI=1S/C11H13ClN2O2/c1-7-5-14(6-11(13)15)9-4-8(12)2-3-10(9)16-7/h2-4,7H,5-6H2,1H3,(H2,13,15). The van der Waals surface area contributed by atoms with Crippen LogP contribution in [0.15, 0.2) is 18.2 Å². The van der Waals surface area contributed by atoms with Crippen molar-refractivity contribution in [3.05, 3.63) is 23.2 Å². The van der Waals surface area contributed by atoms with Gasteiger partial charge in [-0.3, -0.25) is 4.79 Å². The van der Waals surface area contributed by atoms with Crippen molar-refractivity contribution in [1.82, 2.24) is 0 Å². The van der Waals surface area contributed by atoms with Crippen LogP contribution in [0.3, 0.4) is 0 Å². The van der Waals surface area contributed by atoms with E-state index in [2.05, 4.69) is 0 Å². The van der Waals surface area contributed by atoms with E-state index in [9.17, 15) is 4.79 Å². The Labute approximate surface area is 98.9 Å². The molecule has 4 nitrogen and oxygen atoms in total. The highest BCUT2D eigenvalue weighted by Crippen LogP contribution is 2.35. The normalized spacial score (nSPS) is 18.9. The number of halogens is 1. The molecule has 0 aliphatic carbocycles. The van der Waals surface area contributed by atoms with Crippen molar-refractivity contribution in [2.24, 2.45) is 5.73 Å². The molecule has 0 fully saturated rings. The van der Waals surface area contributed by atoms with E-state index in [1.165, 1.54) is 0 Å². The van der Waals surface area contributed by atoms with E-state index in [1.54, 1.807) is 18.2 Å². The summed E-state index contributed by atoms with van der Waals surface area (Å²) in [6.45, 7) is 2.77. The number of carbonyl (C=O) groups excluding carboxylic acids is 1. The second-order valence-electron chi connectivity index (χ2n) is 3.89. The first-order valence-corrected chi connectivity index (χ1v) is 5.43. The molecular formula is C11H13ClN2O2. The lowest BCUT2D eigenvalue weighted by molar-refractivity contribution is -0.116. The van der Waals surface area contributed by atoms with Crippen molar-refractivity contribution in [3.8, 4) is 5.75 Å². The number of fused-ring (bicyclic) bond motifs is 1. The number of nitrogens with two attached hydrogens (primary N) is 1. The SMILES string of the molecule is CC1CN(CC(N)=O)c2cc(Cl)ccc2O1. The number of rotatable bonds is 2. The van der Waals surface area contributed by atoms with Crippen LogP contribution in [-0.4, -0.2) is 25.1 Å². The molecule has 16 heavy (non-hydrogen) atoms. The molecule has 0 bridgehead atoms. The molecular weight excluding hydrogens is 228 g/mol. The molecule has 1 atom stereocenters. The van der Waals surface area contributed by atoms with Gasteiger partial charge in [0.1, 0.15) is 11.9 Å². The highest BCUT2D eigenvalue weighted by atomic mass is 35.5. The van der Waals surface area contributed by atoms with Crippen molar-refractivity contribution in [2.45, 2.75) is 13.0 Å². The number of nitrogens with zero attached hydrogens (tertiary/aromatic N) is 1. The van der Waals surface area contributed by atoms with Crippen molar-refractivity contribution in [1.29, 1.82) is 0 Å². The lowest BCUT2D eigenvalue weighted by Crippen LogP contribution is -2.42. The molecule has 0 aromatic heterocycles. The molecule has 1 aliphatic rings. The quantitative estimate of drug-likeness (QED) is 0.851. The Balaban J connectivity index is 2.35. The third-order valence-corrected chi connectivity index (χ3v) is 2.65. The Bertz CT molecular complexity index is 422. The Hall–Kier alpha value is -1.42. The summed E-state index contributed by atoms with van der Waals surface area (Å²) in [7, 11) is 0. The van der Waals surface area contributed by atoms with Crippen LogP contribution in [0, 0.1) is 0 Å². The number of primary amides is 1. The molecule has 1 heterocycles. The van der Waals surface area contributed by atoms with Crippen LogP contribution in [0.5, 0.6) is 5.75 Å². The van der Waals surface area contributed by atoms with E-state index in [1.807, 2.05) is 11.8 Å².